The second-order valence-electron chi connectivity index (χ2n) is 4.98. The number of carbonyl (C=O) groups is 1. The number of carbonyl (C=O) groups excluding carboxylic acids is 1. The Balaban J connectivity index is 2.13. The number of halogens is 1. The van der Waals surface area contributed by atoms with Crippen molar-refractivity contribution in [2.45, 2.75) is 20.0 Å². The van der Waals surface area contributed by atoms with Crippen LogP contribution in [0.4, 0.5) is 10.9 Å². The zero-order chi connectivity index (χ0) is 19.1. The van der Waals surface area contributed by atoms with Crippen LogP contribution in [0.1, 0.15) is 19.4 Å². The van der Waals surface area contributed by atoms with E-state index in [2.05, 4.69) is 15.5 Å². The van der Waals surface area contributed by atoms with Crippen LogP contribution in [0.2, 0.25) is 5.02 Å². The molecule has 2 rings (SSSR count). The molecular formula is C16H19ClN4O4S. The minimum atomic E-state index is -0.795. The number of hydrazone groups is 1. The van der Waals surface area contributed by atoms with Gasteiger partial charge < -0.3 is 19.9 Å². The van der Waals surface area contributed by atoms with Crippen LogP contribution >= 0.6 is 22.9 Å². The summed E-state index contributed by atoms with van der Waals surface area (Å²) in [6, 6.07) is 3.20. The molecule has 0 spiro atoms. The standard InChI is InChI=1S/C16H19ClN4O4S/c1-4-24-15(22)9(2)25-13-6-11(17)10(5-12(13)23-3)7-19-21-16-20-14(18)8-26-16/h5-9H,4,18H2,1-3H3,(H,20,21). The van der Waals surface area contributed by atoms with Crippen molar-refractivity contribution in [1.82, 2.24) is 4.98 Å². The SMILES string of the molecule is CCOC(=O)C(C)Oc1cc(Cl)c(C=NNc2nc(N)cs2)cc1OC. The summed E-state index contributed by atoms with van der Waals surface area (Å²) < 4.78 is 15.8. The van der Waals surface area contributed by atoms with Crippen LogP contribution in [0.3, 0.4) is 0 Å². The fourth-order valence-corrected chi connectivity index (χ4v) is 2.65. The number of nitrogen functional groups attached to an aromatic ring is 1. The lowest BCUT2D eigenvalue weighted by molar-refractivity contribution is -0.150. The second-order valence-corrected chi connectivity index (χ2v) is 6.25. The van der Waals surface area contributed by atoms with Crippen molar-refractivity contribution in [3.8, 4) is 11.5 Å². The highest BCUT2D eigenvalue weighted by Gasteiger charge is 2.19. The van der Waals surface area contributed by atoms with E-state index in [1.54, 1.807) is 31.4 Å². The van der Waals surface area contributed by atoms with Gasteiger partial charge in [0.05, 0.1) is 25.0 Å². The number of hydrogen-bond acceptors (Lipinski definition) is 9. The van der Waals surface area contributed by atoms with Gasteiger partial charge >= 0.3 is 5.97 Å². The first-order chi connectivity index (χ1) is 12.4. The number of nitrogens with two attached hydrogens (primary N) is 1. The van der Waals surface area contributed by atoms with Crippen molar-refractivity contribution in [1.29, 1.82) is 0 Å². The van der Waals surface area contributed by atoms with E-state index < -0.39 is 12.1 Å². The summed E-state index contributed by atoms with van der Waals surface area (Å²) in [6.45, 7) is 3.59. The van der Waals surface area contributed by atoms with Gasteiger partial charge in [0, 0.05) is 17.0 Å². The predicted molar refractivity (Wildman–Crippen MR) is 102 cm³/mol. The van der Waals surface area contributed by atoms with Crippen LogP contribution in [0, 0.1) is 0 Å². The molecule has 1 aromatic heterocycles. The number of thiazole rings is 1. The first kappa shape index (κ1) is 19.8. The molecular weight excluding hydrogens is 380 g/mol. The zero-order valence-corrected chi connectivity index (χ0v) is 16.1. The molecule has 140 valence electrons. The number of ether oxygens (including phenoxy) is 3. The zero-order valence-electron chi connectivity index (χ0n) is 14.5. The first-order valence-electron chi connectivity index (χ1n) is 7.65. The molecule has 0 amide bonds. The maximum atomic E-state index is 11.7. The molecule has 8 nitrogen and oxygen atoms in total. The number of nitrogens with one attached hydrogen (secondary N) is 1. The van der Waals surface area contributed by atoms with Crippen molar-refractivity contribution in [2.75, 3.05) is 24.9 Å². The van der Waals surface area contributed by atoms with Crippen molar-refractivity contribution in [3.63, 3.8) is 0 Å². The smallest absolute Gasteiger partial charge is 0.347 e. The Morgan fingerprint density at radius 1 is 1.50 bits per heavy atom. The van der Waals surface area contributed by atoms with E-state index in [0.29, 0.717) is 33.0 Å². The van der Waals surface area contributed by atoms with Crippen LogP contribution in [-0.4, -0.2) is 37.0 Å². The van der Waals surface area contributed by atoms with Gasteiger partial charge in [0.15, 0.2) is 17.6 Å². The summed E-state index contributed by atoms with van der Waals surface area (Å²) in [5.74, 6) is 0.689. The lowest BCUT2D eigenvalue weighted by atomic mass is 10.2. The summed E-state index contributed by atoms with van der Waals surface area (Å²) in [5.41, 5.74) is 8.90. The third-order valence-corrected chi connectivity index (χ3v) is 4.18. The van der Waals surface area contributed by atoms with Gasteiger partial charge in [-0.3, -0.25) is 5.43 Å². The van der Waals surface area contributed by atoms with Gasteiger partial charge in [-0.15, -0.1) is 11.3 Å². The van der Waals surface area contributed by atoms with Crippen molar-refractivity contribution >= 4 is 46.1 Å². The van der Waals surface area contributed by atoms with E-state index in [9.17, 15) is 4.79 Å². The van der Waals surface area contributed by atoms with Crippen LogP contribution < -0.4 is 20.6 Å². The Morgan fingerprint density at radius 2 is 2.27 bits per heavy atom. The Hall–Kier alpha value is -2.52. The normalized spacial score (nSPS) is 12.0. The number of esters is 1. The van der Waals surface area contributed by atoms with E-state index in [0.717, 1.165) is 0 Å². The number of hydrogen-bond donors (Lipinski definition) is 2. The van der Waals surface area contributed by atoms with Crippen molar-refractivity contribution in [3.05, 3.63) is 28.1 Å². The molecule has 1 unspecified atom stereocenters. The van der Waals surface area contributed by atoms with E-state index >= 15 is 0 Å². The van der Waals surface area contributed by atoms with E-state index in [4.69, 9.17) is 31.5 Å². The molecule has 0 fully saturated rings. The largest absolute Gasteiger partial charge is 0.493 e. The number of aromatic nitrogens is 1. The molecule has 0 aliphatic carbocycles. The summed E-state index contributed by atoms with van der Waals surface area (Å²) in [4.78, 5) is 15.7. The molecule has 10 heteroatoms. The minimum Gasteiger partial charge on any atom is -0.493 e. The molecule has 0 bridgehead atoms. The van der Waals surface area contributed by atoms with Gasteiger partial charge in [-0.05, 0) is 19.9 Å². The van der Waals surface area contributed by atoms with Gasteiger partial charge in [0.2, 0.25) is 5.13 Å². The molecule has 1 atom stereocenters. The number of rotatable bonds is 8. The Bertz CT molecular complexity index is 797. The topological polar surface area (TPSA) is 108 Å². The van der Waals surface area contributed by atoms with Gasteiger partial charge in [-0.25, -0.2) is 9.78 Å². The number of nitrogens with zero attached hydrogens (tertiary/aromatic N) is 2. The highest BCUT2D eigenvalue weighted by Crippen LogP contribution is 2.33. The lowest BCUT2D eigenvalue weighted by Gasteiger charge is -2.16. The molecule has 26 heavy (non-hydrogen) atoms. The Morgan fingerprint density at radius 3 is 2.88 bits per heavy atom. The molecule has 0 aliphatic rings. The van der Waals surface area contributed by atoms with Gasteiger partial charge in [0.1, 0.15) is 5.82 Å². The monoisotopic (exact) mass is 398 g/mol. The summed E-state index contributed by atoms with van der Waals surface area (Å²) >= 11 is 7.59. The van der Waals surface area contributed by atoms with Crippen LogP contribution in [-0.2, 0) is 9.53 Å². The quantitative estimate of drug-likeness (QED) is 0.399. The molecule has 0 radical (unpaired) electrons. The number of benzene rings is 1. The van der Waals surface area contributed by atoms with Gasteiger partial charge in [-0.2, -0.15) is 5.10 Å². The average Bonchev–Trinajstić information content (AvgIpc) is 3.02. The number of methoxy groups -OCH3 is 1. The highest BCUT2D eigenvalue weighted by molar-refractivity contribution is 7.14. The summed E-state index contributed by atoms with van der Waals surface area (Å²) in [5, 5.41) is 6.70. The molecule has 0 aliphatic heterocycles. The third kappa shape index (κ3) is 5.24. The minimum absolute atomic E-state index is 0.275. The Kier molecular flexibility index (Phi) is 7.05. The fraction of sp³-hybridized carbons (Fsp3) is 0.312. The van der Waals surface area contributed by atoms with Gasteiger partial charge in [-0.1, -0.05) is 11.6 Å². The fourth-order valence-electron chi connectivity index (χ4n) is 1.89. The molecule has 1 heterocycles. The molecule has 0 saturated carbocycles. The predicted octanol–water partition coefficient (Wildman–Crippen LogP) is 3.16. The van der Waals surface area contributed by atoms with Crippen LogP contribution in [0.15, 0.2) is 22.6 Å². The highest BCUT2D eigenvalue weighted by atomic mass is 35.5. The molecule has 2 aromatic rings. The van der Waals surface area contributed by atoms with E-state index in [-0.39, 0.29) is 6.61 Å². The second kappa shape index (κ2) is 9.25. The maximum absolute atomic E-state index is 11.7. The van der Waals surface area contributed by atoms with Crippen LogP contribution in [0.25, 0.3) is 0 Å². The average molecular weight is 399 g/mol. The summed E-state index contributed by atoms with van der Waals surface area (Å²) in [6.07, 6.45) is 0.720. The molecule has 3 N–H and O–H groups in total. The maximum Gasteiger partial charge on any atom is 0.347 e. The Labute approximate surface area is 159 Å². The lowest BCUT2D eigenvalue weighted by Crippen LogP contribution is -2.26. The first-order valence-corrected chi connectivity index (χ1v) is 8.91. The van der Waals surface area contributed by atoms with Crippen LogP contribution in [0.5, 0.6) is 11.5 Å². The van der Waals surface area contributed by atoms with E-state index in [1.165, 1.54) is 24.7 Å². The molecule has 1 aromatic carbocycles. The van der Waals surface area contributed by atoms with Crippen molar-refractivity contribution < 1.29 is 19.0 Å². The van der Waals surface area contributed by atoms with Gasteiger partial charge in [0.25, 0.3) is 0 Å². The third-order valence-electron chi connectivity index (χ3n) is 3.09. The number of anilines is 2. The van der Waals surface area contributed by atoms with Crippen molar-refractivity contribution in [2.24, 2.45) is 5.10 Å². The summed E-state index contributed by atoms with van der Waals surface area (Å²) in [7, 11) is 1.49. The van der Waals surface area contributed by atoms with E-state index in [1.807, 2.05) is 0 Å². The molecule has 0 saturated heterocycles.